The molecule has 0 saturated carbocycles. The highest BCUT2D eigenvalue weighted by molar-refractivity contribution is 8.77. The number of carbonyl (C=O) groups excluding carboxylic acids is 6. The lowest BCUT2D eigenvalue weighted by atomic mass is 10.1. The topological polar surface area (TPSA) is 226 Å². The smallest absolute Gasteiger partial charge is 0.260 e. The number of allylic oxidation sites excluding steroid dienone is 1. The van der Waals surface area contributed by atoms with Gasteiger partial charge in [0.1, 0.15) is 30.7 Å². The molecule has 0 bridgehead atoms. The van der Waals surface area contributed by atoms with E-state index in [0.717, 1.165) is 28.9 Å². The number of nitrogens with one attached hydrogen (secondary N) is 5. The molecular formula is C59H73N7O11S2. The SMILES string of the molecule is C=C(/C=C(\C)OC)C(=O)N1c2ccccc2C[C@H]1CNOCc1cc(COc2cc3c(cc2OC)C(=O)N2c4ccccc4C[C@H]2C(O)N3)cc(NC(=O)[C@H](C)NC(=O)[C@H](C)NC(=O)CCC(C)(C)SSC(C)CCC(C)=O)c1. The van der Waals surface area contributed by atoms with Crippen LogP contribution in [0.2, 0.25) is 0 Å². The number of anilines is 4. The number of hydrogen-bond acceptors (Lipinski definition) is 15. The predicted octanol–water partition coefficient (Wildman–Crippen LogP) is 8.32. The molecule has 0 aliphatic carbocycles. The number of benzene rings is 4. The molecule has 422 valence electrons. The first-order chi connectivity index (χ1) is 37.6. The summed E-state index contributed by atoms with van der Waals surface area (Å²) in [7, 11) is 6.38. The van der Waals surface area contributed by atoms with E-state index in [1.807, 2.05) is 54.6 Å². The van der Waals surface area contributed by atoms with Crippen molar-refractivity contribution in [2.75, 3.05) is 41.2 Å². The second kappa shape index (κ2) is 26.9. The Hall–Kier alpha value is -6.84. The third-order valence-electron chi connectivity index (χ3n) is 13.9. The Morgan fingerprint density at radius 2 is 1.53 bits per heavy atom. The highest BCUT2D eigenvalue weighted by Crippen LogP contribution is 2.44. The van der Waals surface area contributed by atoms with Gasteiger partial charge in [0.05, 0.1) is 49.9 Å². The number of ketones is 1. The maximum atomic E-state index is 14.2. The van der Waals surface area contributed by atoms with E-state index in [4.69, 9.17) is 19.0 Å². The lowest BCUT2D eigenvalue weighted by Crippen LogP contribution is -2.50. The summed E-state index contributed by atoms with van der Waals surface area (Å²) in [5, 5.41) is 23.2. The van der Waals surface area contributed by atoms with Crippen LogP contribution < -0.4 is 46.0 Å². The average Bonchev–Trinajstić information content (AvgIpc) is 4.09. The van der Waals surface area contributed by atoms with Gasteiger partial charge in [-0.3, -0.25) is 28.8 Å². The summed E-state index contributed by atoms with van der Waals surface area (Å²) < 4.78 is 17.2. The van der Waals surface area contributed by atoms with Crippen molar-refractivity contribution in [2.24, 2.45) is 0 Å². The van der Waals surface area contributed by atoms with Crippen molar-refractivity contribution >= 4 is 79.7 Å². The minimum Gasteiger partial charge on any atom is -0.501 e. The Morgan fingerprint density at radius 1 is 0.861 bits per heavy atom. The van der Waals surface area contributed by atoms with Crippen LogP contribution in [0.1, 0.15) is 107 Å². The number of Topliss-reactive ketones (excluding diaryl/α,β-unsaturated/α-hetero) is 1. The third kappa shape index (κ3) is 15.5. The molecule has 4 aromatic rings. The molecule has 0 saturated heterocycles. The summed E-state index contributed by atoms with van der Waals surface area (Å²) in [5.74, 6) is -0.657. The number of rotatable bonds is 26. The highest BCUT2D eigenvalue weighted by Gasteiger charge is 2.42. The van der Waals surface area contributed by atoms with Gasteiger partial charge >= 0.3 is 0 Å². The van der Waals surface area contributed by atoms with Crippen LogP contribution in [-0.2, 0) is 59.6 Å². The second-order valence-electron chi connectivity index (χ2n) is 20.8. The standard InChI is InChI=1S/C59H73N7O11S2/c1-34(23-36(3)74-9)57(72)65-45(27-42-15-11-13-17-48(42)65)31-60-77-33-41-24-40(32-76-52-30-47-46(29-51(52)75-10)58(73)66-49-18-14-12-16-43(49)28-50(66)56(71)64-47)25-44(26-41)63-55(70)39(6)62-54(69)38(5)61-53(68)21-22-59(7,8)79-78-37(4)20-19-35(2)67/h11-18,23-26,29-30,37-39,45,50,56,60,64,71H,1,19-22,27-28,31-33H2,2-10H3,(H,61,68)(H,62,69)(H,63,70)/b36-23+/t37?,38-,39-,45-,50-,56?/m0/s1. The minimum atomic E-state index is -1.09. The summed E-state index contributed by atoms with van der Waals surface area (Å²) in [6, 6.07) is 21.0. The number of hydrogen-bond donors (Lipinski definition) is 6. The van der Waals surface area contributed by atoms with Gasteiger partial charge in [-0.2, -0.15) is 0 Å². The molecule has 0 radical (unpaired) electrons. The van der Waals surface area contributed by atoms with Crippen LogP contribution in [-0.4, -0.2) is 102 Å². The average molecular weight is 1120 g/mol. The fourth-order valence-corrected chi connectivity index (χ4v) is 12.1. The van der Waals surface area contributed by atoms with Crippen molar-refractivity contribution in [3.05, 3.63) is 131 Å². The molecule has 5 amide bonds. The summed E-state index contributed by atoms with van der Waals surface area (Å²) >= 11 is 0. The number of amides is 5. The molecule has 0 fully saturated rings. The van der Waals surface area contributed by atoms with Crippen LogP contribution in [0, 0.1) is 0 Å². The minimum absolute atomic E-state index is 0.0120. The molecule has 18 nitrogen and oxygen atoms in total. The number of para-hydroxylation sites is 2. The van der Waals surface area contributed by atoms with Gasteiger partial charge in [0.2, 0.25) is 17.7 Å². The number of methoxy groups -OCH3 is 2. The van der Waals surface area contributed by atoms with E-state index in [1.54, 1.807) is 89.4 Å². The molecule has 3 aliphatic heterocycles. The molecule has 20 heteroatoms. The van der Waals surface area contributed by atoms with Gasteiger partial charge in [-0.25, -0.2) is 5.48 Å². The first kappa shape index (κ1) is 59.8. The Balaban J connectivity index is 1.03. The third-order valence-corrected chi connectivity index (χ3v) is 17.8. The van der Waals surface area contributed by atoms with Crippen LogP contribution in [0.15, 0.2) is 103 Å². The van der Waals surface area contributed by atoms with E-state index in [0.29, 0.717) is 59.5 Å². The van der Waals surface area contributed by atoms with Gasteiger partial charge in [-0.15, -0.1) is 0 Å². The van der Waals surface area contributed by atoms with Gasteiger partial charge < -0.3 is 55.2 Å². The largest absolute Gasteiger partial charge is 0.501 e. The summed E-state index contributed by atoms with van der Waals surface area (Å²) in [5.41, 5.74) is 9.07. The van der Waals surface area contributed by atoms with E-state index in [2.05, 4.69) is 54.1 Å². The van der Waals surface area contributed by atoms with Crippen molar-refractivity contribution < 1.29 is 52.9 Å². The molecular weight excluding hydrogens is 1050 g/mol. The number of hydroxylamine groups is 1. The Bertz CT molecular complexity index is 2970. The monoisotopic (exact) mass is 1120 g/mol. The van der Waals surface area contributed by atoms with E-state index in [-0.39, 0.29) is 82.8 Å². The number of aliphatic hydroxyl groups excluding tert-OH is 1. The van der Waals surface area contributed by atoms with E-state index in [9.17, 15) is 33.9 Å². The molecule has 2 unspecified atom stereocenters. The lowest BCUT2D eigenvalue weighted by molar-refractivity contribution is -0.130. The number of fused-ring (bicyclic) bond motifs is 5. The number of carbonyl (C=O) groups is 6. The summed E-state index contributed by atoms with van der Waals surface area (Å²) in [6.07, 6.45) is 3.65. The van der Waals surface area contributed by atoms with E-state index < -0.39 is 36.2 Å². The zero-order valence-corrected chi connectivity index (χ0v) is 48.0. The predicted molar refractivity (Wildman–Crippen MR) is 310 cm³/mol. The number of nitrogens with zero attached hydrogens (tertiary/aromatic N) is 2. The molecule has 79 heavy (non-hydrogen) atoms. The zero-order valence-electron chi connectivity index (χ0n) is 46.4. The number of ether oxygens (including phenoxy) is 3. The highest BCUT2D eigenvalue weighted by atomic mass is 33.1. The molecule has 0 spiro atoms. The normalized spacial score (nSPS) is 17.6. The molecule has 3 heterocycles. The summed E-state index contributed by atoms with van der Waals surface area (Å²) in [6.45, 7) is 16.9. The van der Waals surface area contributed by atoms with E-state index >= 15 is 0 Å². The van der Waals surface area contributed by atoms with Crippen molar-refractivity contribution in [1.82, 2.24) is 16.1 Å². The molecule has 4 aromatic carbocycles. The van der Waals surface area contributed by atoms with Crippen LogP contribution in [0.5, 0.6) is 11.5 Å². The Kier molecular flexibility index (Phi) is 20.3. The van der Waals surface area contributed by atoms with Crippen molar-refractivity contribution in [1.29, 1.82) is 0 Å². The molecule has 0 aromatic heterocycles. The first-order valence-electron chi connectivity index (χ1n) is 26.4. The molecule has 3 aliphatic rings. The lowest BCUT2D eigenvalue weighted by Gasteiger charge is -2.26. The zero-order chi connectivity index (χ0) is 57.1. The summed E-state index contributed by atoms with van der Waals surface area (Å²) in [4.78, 5) is 88.9. The Labute approximate surface area is 470 Å². The molecule has 6 atom stereocenters. The van der Waals surface area contributed by atoms with Crippen molar-refractivity contribution in [3.63, 3.8) is 0 Å². The van der Waals surface area contributed by atoms with Gasteiger partial charge in [-0.05, 0) is 132 Å². The maximum Gasteiger partial charge on any atom is 0.260 e. The number of aliphatic hydroxyl groups is 1. The Morgan fingerprint density at radius 3 is 2.23 bits per heavy atom. The van der Waals surface area contributed by atoms with Crippen molar-refractivity contribution in [3.8, 4) is 11.5 Å². The molecule has 7 rings (SSSR count). The van der Waals surface area contributed by atoms with Crippen LogP contribution >= 0.6 is 21.6 Å². The first-order valence-corrected chi connectivity index (χ1v) is 28.6. The van der Waals surface area contributed by atoms with Crippen LogP contribution in [0.25, 0.3) is 0 Å². The molecule has 6 N–H and O–H groups in total. The van der Waals surface area contributed by atoms with Gasteiger partial charge in [-0.1, -0.05) is 71.5 Å². The van der Waals surface area contributed by atoms with Gasteiger partial charge in [0, 0.05) is 58.1 Å². The van der Waals surface area contributed by atoms with Gasteiger partial charge in [0.15, 0.2) is 11.5 Å². The van der Waals surface area contributed by atoms with Crippen LogP contribution in [0.4, 0.5) is 22.7 Å². The van der Waals surface area contributed by atoms with Gasteiger partial charge in [0.25, 0.3) is 11.8 Å². The van der Waals surface area contributed by atoms with Crippen LogP contribution in [0.3, 0.4) is 0 Å². The second-order valence-corrected chi connectivity index (χ2v) is 24.2. The maximum absolute atomic E-state index is 14.2. The quantitative estimate of drug-likeness (QED) is 0.00868. The fraction of sp³-hybridized carbons (Fsp3) is 0.424. The van der Waals surface area contributed by atoms with Crippen molar-refractivity contribution in [2.45, 2.75) is 141 Å². The van der Waals surface area contributed by atoms with E-state index in [1.165, 1.54) is 14.2 Å². The fourth-order valence-electron chi connectivity index (χ4n) is 9.47.